The predicted molar refractivity (Wildman–Crippen MR) is 176 cm³/mol. The van der Waals surface area contributed by atoms with Gasteiger partial charge in [-0.25, -0.2) is 0 Å². The Balaban J connectivity index is 1.65. The molecule has 2 aromatic carbocycles. The lowest BCUT2D eigenvalue weighted by molar-refractivity contribution is 0.474. The third-order valence-corrected chi connectivity index (χ3v) is 9.54. The Labute approximate surface area is 248 Å². The molecule has 0 fully saturated rings. The molecule has 2 aromatic rings. The number of anilines is 1. The molecule has 0 saturated carbocycles. The number of thioether (sulfide) groups is 2. The minimum atomic E-state index is -0.124. The van der Waals surface area contributed by atoms with Crippen LogP contribution in [0.15, 0.2) is 69.9 Å². The third-order valence-electron chi connectivity index (χ3n) is 6.10. The number of phenolic OH excluding ortho intramolecular Hbond substituents is 1. The summed E-state index contributed by atoms with van der Waals surface area (Å²) in [5.74, 6) is 2.35. The molecule has 1 N–H and O–H groups in total. The van der Waals surface area contributed by atoms with E-state index >= 15 is 0 Å². The molecule has 0 bridgehead atoms. The zero-order chi connectivity index (χ0) is 28.1. The van der Waals surface area contributed by atoms with Crippen LogP contribution in [0.4, 0.5) is 5.69 Å². The Morgan fingerprint density at radius 2 is 1.46 bits per heavy atom. The third kappa shape index (κ3) is 7.25. The van der Waals surface area contributed by atoms with E-state index in [0.717, 1.165) is 61.0 Å². The van der Waals surface area contributed by atoms with Crippen molar-refractivity contribution in [3.8, 4) is 28.2 Å². The summed E-state index contributed by atoms with van der Waals surface area (Å²) in [6, 6.07) is 18.4. The van der Waals surface area contributed by atoms with Crippen LogP contribution < -0.4 is 10.3 Å². The maximum Gasteiger partial charge on any atom is 0.182 e. The number of nitrogens with zero attached hydrogens (tertiary/aromatic N) is 3. The number of aromatic hydroxyl groups is 1. The molecule has 0 amide bonds. The fourth-order valence-electron chi connectivity index (χ4n) is 4.12. The zero-order valence-corrected chi connectivity index (χ0v) is 25.6. The molecule has 1 heterocycles. The lowest BCUT2D eigenvalue weighted by Gasteiger charge is -2.26. The van der Waals surface area contributed by atoms with Crippen LogP contribution in [0, 0.1) is 0 Å². The number of phenols is 1. The van der Waals surface area contributed by atoms with E-state index < -0.39 is 0 Å². The summed E-state index contributed by atoms with van der Waals surface area (Å²) >= 11 is 14.3. The van der Waals surface area contributed by atoms with Crippen LogP contribution >= 0.6 is 48.0 Å². The maximum atomic E-state index is 12.0. The van der Waals surface area contributed by atoms with Gasteiger partial charge in [-0.2, -0.15) is 0 Å². The lowest BCUT2D eigenvalue weighted by atomic mass is 9.93. The fraction of sp³-hybridized carbons (Fsp3) is 0.276. The van der Waals surface area contributed by atoms with Gasteiger partial charge in [0.1, 0.15) is 25.7 Å². The highest BCUT2D eigenvalue weighted by molar-refractivity contribution is 8.23. The summed E-state index contributed by atoms with van der Waals surface area (Å²) in [6.07, 6.45) is 0. The van der Waals surface area contributed by atoms with E-state index in [1.807, 2.05) is 44.1 Å². The van der Waals surface area contributed by atoms with Crippen LogP contribution in [0.3, 0.4) is 0 Å². The number of thiocarbonyl (C=S) groups is 2. The number of fused-ring (bicyclic) bond motifs is 2. The van der Waals surface area contributed by atoms with E-state index in [2.05, 4.69) is 29.2 Å². The molecule has 0 atom stereocenters. The fourth-order valence-corrected chi connectivity index (χ4v) is 6.11. The van der Waals surface area contributed by atoms with Crippen molar-refractivity contribution in [1.82, 2.24) is 9.80 Å². The minimum absolute atomic E-state index is 0.110. The molecule has 0 aromatic heterocycles. The Bertz CT molecular complexity index is 1480. The normalized spacial score (nSPS) is 11.1. The number of hydrogen-bond acceptors (Lipinski definition) is 8. The Kier molecular flexibility index (Phi) is 9.76. The topological polar surface area (TPSA) is 60.2 Å². The summed E-state index contributed by atoms with van der Waals surface area (Å²) in [4.78, 5) is 18.3. The quantitative estimate of drug-likeness (QED) is 0.187. The molecule has 1 aliphatic carbocycles. The smallest absolute Gasteiger partial charge is 0.182 e. The second kappa shape index (κ2) is 13.0. The Morgan fingerprint density at radius 1 is 0.846 bits per heavy atom. The largest absolute Gasteiger partial charge is 0.508 e. The summed E-state index contributed by atoms with van der Waals surface area (Å²) in [6.45, 7) is 1.68. The molecule has 10 heteroatoms. The van der Waals surface area contributed by atoms with E-state index in [1.54, 1.807) is 47.8 Å². The molecular formula is C29H31N3O3S4. The average Bonchev–Trinajstić information content (AvgIpc) is 2.90. The second-order valence-corrected chi connectivity index (χ2v) is 12.8. The second-order valence-electron chi connectivity index (χ2n) is 9.37. The maximum absolute atomic E-state index is 12.0. The highest BCUT2D eigenvalue weighted by Crippen LogP contribution is 2.41. The highest BCUT2D eigenvalue weighted by atomic mass is 32.2. The van der Waals surface area contributed by atoms with E-state index in [-0.39, 0.29) is 11.2 Å². The molecular weight excluding hydrogens is 567 g/mol. The van der Waals surface area contributed by atoms with E-state index in [0.29, 0.717) is 11.3 Å². The van der Waals surface area contributed by atoms with Crippen molar-refractivity contribution >= 4 is 73.3 Å². The van der Waals surface area contributed by atoms with Crippen molar-refractivity contribution in [2.75, 3.05) is 57.7 Å². The molecule has 2 aliphatic rings. The molecule has 0 saturated heterocycles. The van der Waals surface area contributed by atoms with Gasteiger partial charge in [0.25, 0.3) is 0 Å². The zero-order valence-electron chi connectivity index (χ0n) is 22.3. The first-order chi connectivity index (χ1) is 18.6. The van der Waals surface area contributed by atoms with Gasteiger partial charge in [-0.05, 0) is 42.0 Å². The molecule has 204 valence electrons. The van der Waals surface area contributed by atoms with E-state index in [4.69, 9.17) is 28.9 Å². The van der Waals surface area contributed by atoms with Crippen molar-refractivity contribution in [2.45, 2.75) is 0 Å². The van der Waals surface area contributed by atoms with Gasteiger partial charge in [0, 0.05) is 87.1 Å². The number of hydrogen-bond donors (Lipinski definition) is 1. The summed E-state index contributed by atoms with van der Waals surface area (Å²) < 4.78 is 7.73. The van der Waals surface area contributed by atoms with Gasteiger partial charge in [0.05, 0.1) is 0 Å². The van der Waals surface area contributed by atoms with Crippen LogP contribution in [-0.2, 0) is 0 Å². The van der Waals surface area contributed by atoms with Gasteiger partial charge in [-0.3, -0.25) is 4.79 Å². The van der Waals surface area contributed by atoms with Gasteiger partial charge in [-0.15, -0.1) is 0 Å². The van der Waals surface area contributed by atoms with Crippen LogP contribution in [0.1, 0.15) is 0 Å². The van der Waals surface area contributed by atoms with Gasteiger partial charge in [-0.1, -0.05) is 60.1 Å². The monoisotopic (exact) mass is 597 g/mol. The molecule has 39 heavy (non-hydrogen) atoms. The van der Waals surface area contributed by atoms with Crippen molar-refractivity contribution in [3.63, 3.8) is 0 Å². The minimum Gasteiger partial charge on any atom is -0.508 e. The summed E-state index contributed by atoms with van der Waals surface area (Å²) in [7, 11) is 7.87. The molecule has 0 spiro atoms. The summed E-state index contributed by atoms with van der Waals surface area (Å²) in [5.41, 5.74) is 4.32. The molecule has 0 unspecified atom stereocenters. The molecule has 1 aliphatic heterocycles. The highest BCUT2D eigenvalue weighted by Gasteiger charge is 2.18. The van der Waals surface area contributed by atoms with Gasteiger partial charge >= 0.3 is 0 Å². The van der Waals surface area contributed by atoms with Crippen molar-refractivity contribution in [3.05, 3.63) is 70.9 Å². The molecule has 4 rings (SSSR count). The van der Waals surface area contributed by atoms with Crippen molar-refractivity contribution in [1.29, 1.82) is 0 Å². The van der Waals surface area contributed by atoms with E-state index in [9.17, 15) is 9.90 Å². The van der Waals surface area contributed by atoms with Crippen LogP contribution in [-0.4, -0.2) is 76.3 Å². The predicted octanol–water partition coefficient (Wildman–Crippen LogP) is 6.24. The first kappa shape index (κ1) is 29.2. The van der Waals surface area contributed by atoms with Crippen LogP contribution in [0.25, 0.3) is 33.4 Å². The average molecular weight is 598 g/mol. The van der Waals surface area contributed by atoms with Crippen LogP contribution in [0.2, 0.25) is 0 Å². The SMILES string of the molecule is CN(C)C(=S)SCCN(CCSC(=S)N(C)C)c1ccc(-c2c3ccc(=O)cc-3oc3cc(O)ccc23)cc1. The first-order valence-electron chi connectivity index (χ1n) is 12.4. The number of benzene rings is 3. The van der Waals surface area contributed by atoms with Crippen molar-refractivity contribution < 1.29 is 9.52 Å². The van der Waals surface area contributed by atoms with Crippen molar-refractivity contribution in [2.24, 2.45) is 0 Å². The summed E-state index contributed by atoms with van der Waals surface area (Å²) in [5, 5.41) is 10.9. The first-order valence-corrected chi connectivity index (χ1v) is 15.2. The van der Waals surface area contributed by atoms with Gasteiger partial charge in [0.2, 0.25) is 0 Å². The Morgan fingerprint density at radius 3 is 2.05 bits per heavy atom. The lowest BCUT2D eigenvalue weighted by Crippen LogP contribution is -2.30. The molecule has 0 radical (unpaired) electrons. The standard InChI is InChI=1S/C29H31N3O3S4/c1-30(2)28(36)38-15-13-32(14-16-39-29(37)31(3)4)20-7-5-19(6-8-20)27-23-11-9-21(33)17-25(23)35-26-18-22(34)10-12-24(26)27/h5-12,17-18,33H,13-16H2,1-4H3. The van der Waals surface area contributed by atoms with Gasteiger partial charge < -0.3 is 24.2 Å². The molecule has 6 nitrogen and oxygen atoms in total. The van der Waals surface area contributed by atoms with E-state index in [1.165, 1.54) is 6.07 Å². The van der Waals surface area contributed by atoms with Gasteiger partial charge in [0.15, 0.2) is 5.43 Å². The number of rotatable bonds is 8. The Hall–Kier alpha value is -2.79. The van der Waals surface area contributed by atoms with Crippen LogP contribution in [0.5, 0.6) is 5.75 Å².